The Labute approximate surface area is 199 Å². The van der Waals surface area contributed by atoms with Gasteiger partial charge in [-0.05, 0) is 68.9 Å². The normalized spacial score (nSPS) is 30.8. The molecule has 3 atom stereocenters. The molecule has 5 aliphatic rings. The van der Waals surface area contributed by atoms with Gasteiger partial charge >= 0.3 is 0 Å². The van der Waals surface area contributed by atoms with E-state index in [1.165, 1.54) is 62.0 Å². The zero-order valence-electron chi connectivity index (χ0n) is 20.5. The van der Waals surface area contributed by atoms with E-state index in [9.17, 15) is 0 Å². The van der Waals surface area contributed by atoms with E-state index in [1.807, 2.05) is 6.33 Å². The standard InChI is InChI=1S/C28H41N5/c1-19(2)30-16-21-8-5-9-24-26(21)28(12-14-29-15-13-28)17-33(24)27-25-22(20-6-3-4-7-20)10-11-23(25)31-18-32-27/h5,8-9,18-20,22,24,26,29-30H,3-4,6-7,10-17H2,1-2H3/t22-,24?,26?/m0/s1. The molecule has 1 aromatic rings. The van der Waals surface area contributed by atoms with E-state index in [4.69, 9.17) is 9.97 Å². The largest absolute Gasteiger partial charge is 0.349 e. The monoisotopic (exact) mass is 447 g/mol. The minimum absolute atomic E-state index is 0.338. The number of nitrogens with one attached hydrogen (secondary N) is 2. The van der Waals surface area contributed by atoms with Gasteiger partial charge in [-0.15, -0.1) is 0 Å². The molecular weight excluding hydrogens is 406 g/mol. The third-order valence-electron chi connectivity index (χ3n) is 9.43. The number of hydrogen-bond acceptors (Lipinski definition) is 5. The summed E-state index contributed by atoms with van der Waals surface area (Å²) in [4.78, 5) is 12.6. The van der Waals surface area contributed by atoms with Gasteiger partial charge in [-0.1, -0.05) is 50.5 Å². The van der Waals surface area contributed by atoms with Gasteiger partial charge in [0, 0.05) is 36.3 Å². The molecule has 1 saturated carbocycles. The highest BCUT2D eigenvalue weighted by Crippen LogP contribution is 2.55. The highest BCUT2D eigenvalue weighted by atomic mass is 15.3. The van der Waals surface area contributed by atoms with Crippen molar-refractivity contribution in [2.24, 2.45) is 17.3 Å². The first kappa shape index (κ1) is 21.8. The van der Waals surface area contributed by atoms with Gasteiger partial charge in [0.1, 0.15) is 12.1 Å². The summed E-state index contributed by atoms with van der Waals surface area (Å²) in [6, 6.07) is 0.926. The second kappa shape index (κ2) is 8.81. The molecule has 1 spiro atoms. The summed E-state index contributed by atoms with van der Waals surface area (Å²) in [6.07, 6.45) is 19.6. The highest BCUT2D eigenvalue weighted by Gasteiger charge is 2.54. The van der Waals surface area contributed by atoms with Crippen molar-refractivity contribution in [1.29, 1.82) is 0 Å². The quantitative estimate of drug-likeness (QED) is 0.702. The zero-order chi connectivity index (χ0) is 22.4. The van der Waals surface area contributed by atoms with Crippen LogP contribution in [0.3, 0.4) is 0 Å². The Bertz CT molecular complexity index is 922. The summed E-state index contributed by atoms with van der Waals surface area (Å²) in [5.41, 5.74) is 4.80. The molecule has 2 N–H and O–H groups in total. The molecule has 178 valence electrons. The van der Waals surface area contributed by atoms with Gasteiger partial charge < -0.3 is 15.5 Å². The van der Waals surface area contributed by atoms with Crippen LogP contribution in [0.4, 0.5) is 5.82 Å². The van der Waals surface area contributed by atoms with Crippen LogP contribution in [0.25, 0.3) is 0 Å². The van der Waals surface area contributed by atoms with Crippen molar-refractivity contribution >= 4 is 5.82 Å². The number of allylic oxidation sites excluding steroid dienone is 2. The van der Waals surface area contributed by atoms with E-state index in [0.29, 0.717) is 29.3 Å². The van der Waals surface area contributed by atoms with Crippen molar-refractivity contribution in [3.05, 3.63) is 41.4 Å². The van der Waals surface area contributed by atoms with Crippen LogP contribution in [0, 0.1) is 17.3 Å². The Morgan fingerprint density at radius 1 is 1.15 bits per heavy atom. The molecule has 0 bridgehead atoms. The average Bonchev–Trinajstić information content (AvgIpc) is 3.56. The Morgan fingerprint density at radius 2 is 1.97 bits per heavy atom. The average molecular weight is 448 g/mol. The van der Waals surface area contributed by atoms with Gasteiger partial charge in [-0.3, -0.25) is 0 Å². The number of aryl methyl sites for hydroxylation is 1. The SMILES string of the molecule is CC(C)NCC1=CC=CC2C1C1(CCNCC1)CN2c1ncnc2c1[C@H](C1CCCC1)CC2. The van der Waals surface area contributed by atoms with Gasteiger partial charge in [-0.2, -0.15) is 0 Å². The molecule has 3 fully saturated rings. The fourth-order valence-corrected chi connectivity index (χ4v) is 7.91. The van der Waals surface area contributed by atoms with Crippen molar-refractivity contribution in [2.75, 3.05) is 31.1 Å². The lowest BCUT2D eigenvalue weighted by molar-refractivity contribution is 0.171. The molecule has 3 heterocycles. The third-order valence-corrected chi connectivity index (χ3v) is 9.43. The first-order valence-corrected chi connectivity index (χ1v) is 13.6. The van der Waals surface area contributed by atoms with Crippen molar-refractivity contribution < 1.29 is 0 Å². The van der Waals surface area contributed by atoms with E-state index in [2.05, 4.69) is 47.6 Å². The Hall–Kier alpha value is -1.72. The van der Waals surface area contributed by atoms with Gasteiger partial charge in [-0.25, -0.2) is 9.97 Å². The fourth-order valence-electron chi connectivity index (χ4n) is 7.91. The number of hydrogen-bond donors (Lipinski definition) is 2. The molecule has 6 rings (SSSR count). The molecule has 0 radical (unpaired) electrons. The molecule has 0 amide bonds. The maximum atomic E-state index is 5.05. The number of nitrogens with zero attached hydrogens (tertiary/aromatic N) is 3. The van der Waals surface area contributed by atoms with E-state index in [1.54, 1.807) is 5.57 Å². The van der Waals surface area contributed by atoms with Crippen LogP contribution in [0.15, 0.2) is 30.1 Å². The van der Waals surface area contributed by atoms with Gasteiger partial charge in [0.15, 0.2) is 0 Å². The maximum Gasteiger partial charge on any atom is 0.136 e. The van der Waals surface area contributed by atoms with Crippen molar-refractivity contribution in [2.45, 2.75) is 83.2 Å². The first-order valence-electron chi connectivity index (χ1n) is 13.6. The Morgan fingerprint density at radius 3 is 2.76 bits per heavy atom. The molecule has 5 heteroatoms. The van der Waals surface area contributed by atoms with Crippen molar-refractivity contribution in [3.8, 4) is 0 Å². The van der Waals surface area contributed by atoms with Crippen LogP contribution >= 0.6 is 0 Å². The smallest absolute Gasteiger partial charge is 0.136 e. The second-order valence-corrected chi connectivity index (χ2v) is 11.6. The Kier molecular flexibility index (Phi) is 5.82. The van der Waals surface area contributed by atoms with Gasteiger partial charge in [0.05, 0.1) is 6.04 Å². The number of fused-ring (bicyclic) bond motifs is 3. The number of aromatic nitrogens is 2. The van der Waals surface area contributed by atoms with Crippen molar-refractivity contribution in [1.82, 2.24) is 20.6 Å². The zero-order valence-corrected chi connectivity index (χ0v) is 20.5. The molecule has 33 heavy (non-hydrogen) atoms. The lowest BCUT2D eigenvalue weighted by Gasteiger charge is -2.41. The summed E-state index contributed by atoms with van der Waals surface area (Å²) in [5.74, 6) is 3.37. The van der Waals surface area contributed by atoms with Crippen LogP contribution in [-0.4, -0.2) is 48.2 Å². The minimum Gasteiger partial charge on any atom is -0.349 e. The highest BCUT2D eigenvalue weighted by molar-refractivity contribution is 5.58. The second-order valence-electron chi connectivity index (χ2n) is 11.6. The van der Waals surface area contributed by atoms with Gasteiger partial charge in [0.2, 0.25) is 0 Å². The summed E-state index contributed by atoms with van der Waals surface area (Å²) in [5, 5.41) is 7.37. The van der Waals surface area contributed by atoms with Crippen LogP contribution in [-0.2, 0) is 6.42 Å². The predicted molar refractivity (Wildman–Crippen MR) is 135 cm³/mol. The summed E-state index contributed by atoms with van der Waals surface area (Å²) in [6.45, 7) is 8.92. The van der Waals surface area contributed by atoms with E-state index < -0.39 is 0 Å². The maximum absolute atomic E-state index is 5.05. The van der Waals surface area contributed by atoms with Crippen LogP contribution in [0.5, 0.6) is 0 Å². The first-order chi connectivity index (χ1) is 16.2. The van der Waals surface area contributed by atoms with E-state index >= 15 is 0 Å². The number of piperidine rings is 1. The molecule has 2 saturated heterocycles. The molecule has 2 aliphatic heterocycles. The summed E-state index contributed by atoms with van der Waals surface area (Å²) >= 11 is 0. The van der Waals surface area contributed by atoms with E-state index in [-0.39, 0.29) is 0 Å². The van der Waals surface area contributed by atoms with Crippen LogP contribution in [0.1, 0.15) is 76.0 Å². The molecule has 2 unspecified atom stereocenters. The van der Waals surface area contributed by atoms with Crippen LogP contribution in [0.2, 0.25) is 0 Å². The molecule has 1 aromatic heterocycles. The molecule has 3 aliphatic carbocycles. The lowest BCUT2D eigenvalue weighted by atomic mass is 9.65. The summed E-state index contributed by atoms with van der Waals surface area (Å²) in [7, 11) is 0. The minimum atomic E-state index is 0.338. The predicted octanol–water partition coefficient (Wildman–Crippen LogP) is 4.37. The summed E-state index contributed by atoms with van der Waals surface area (Å²) < 4.78 is 0. The number of rotatable bonds is 5. The fraction of sp³-hybridized carbons (Fsp3) is 0.714. The molecule has 0 aromatic carbocycles. The lowest BCUT2D eigenvalue weighted by Crippen LogP contribution is -2.44. The van der Waals surface area contributed by atoms with Gasteiger partial charge in [0.25, 0.3) is 0 Å². The molecular formula is C28H41N5. The van der Waals surface area contributed by atoms with Crippen LogP contribution < -0.4 is 15.5 Å². The van der Waals surface area contributed by atoms with E-state index in [0.717, 1.165) is 38.5 Å². The topological polar surface area (TPSA) is 53.1 Å². The number of anilines is 1. The Balaban J connectivity index is 1.38. The van der Waals surface area contributed by atoms with Crippen molar-refractivity contribution in [3.63, 3.8) is 0 Å². The third kappa shape index (κ3) is 3.76. The molecule has 5 nitrogen and oxygen atoms in total.